The smallest absolute Gasteiger partial charge is 0.247 e. The second kappa shape index (κ2) is 13.5. The summed E-state index contributed by atoms with van der Waals surface area (Å²) in [4.78, 5) is 0. The van der Waals surface area contributed by atoms with Gasteiger partial charge in [-0.1, -0.05) is 195 Å². The highest BCUT2D eigenvalue weighted by Gasteiger charge is 2.62. The highest BCUT2D eigenvalue weighted by atomic mass is 16.3. The van der Waals surface area contributed by atoms with Gasteiger partial charge in [0.25, 0.3) is 0 Å². The number of rotatable bonds is 4. The van der Waals surface area contributed by atoms with Gasteiger partial charge in [0.05, 0.1) is 0 Å². The number of aryl methyl sites for hydroxylation is 1. The largest absolute Gasteiger partial charge is 0.461 e. The minimum absolute atomic E-state index is 0.0398. The van der Waals surface area contributed by atoms with Gasteiger partial charge in [0.2, 0.25) is 6.71 Å². The van der Waals surface area contributed by atoms with E-state index in [0.717, 1.165) is 12.0 Å². The quantitative estimate of drug-likeness (QED) is 0.161. The number of hydrogen-bond acceptors (Lipinski definition) is 1. The van der Waals surface area contributed by atoms with Crippen molar-refractivity contribution in [2.45, 2.75) is 148 Å². The standard InChI is InChI=1S/C62H65BO/c1-37-29-44-45(31-40-23-24-42(58(2,3)4)34-43(40)39-21-15-12-16-22-39)57-56(46-35-48-49(36-52(46)64-57)60(7,8)28-27-59(48,5)6)63-51-33-41(38-19-13-11-14-20-38)32-50-53(51)54(47(30-37)55(44)63)62(10)26-18-17-25-61(50,62)9/h11-16,19-24,29-30,32-36,45,54H,17-18,25-28,31H2,1-10H3. The molecule has 5 aliphatic rings. The number of benzene rings is 6. The summed E-state index contributed by atoms with van der Waals surface area (Å²) in [6, 6.07) is 45.4. The van der Waals surface area contributed by atoms with Crippen LogP contribution in [0.4, 0.5) is 0 Å². The minimum Gasteiger partial charge on any atom is -0.461 e. The Bertz CT molecular complexity index is 3060. The van der Waals surface area contributed by atoms with Crippen LogP contribution in [0.25, 0.3) is 33.2 Å². The van der Waals surface area contributed by atoms with Crippen LogP contribution in [-0.4, -0.2) is 6.71 Å². The predicted molar refractivity (Wildman–Crippen MR) is 271 cm³/mol. The van der Waals surface area contributed by atoms with E-state index >= 15 is 0 Å². The molecule has 4 unspecified atom stereocenters. The fourth-order valence-corrected chi connectivity index (χ4v) is 14.3. The van der Waals surface area contributed by atoms with E-state index < -0.39 is 0 Å². The fraction of sp³-hybridized carbons (Fsp3) is 0.387. The lowest BCUT2D eigenvalue weighted by Gasteiger charge is -2.50. The Morgan fingerprint density at radius 1 is 0.625 bits per heavy atom. The van der Waals surface area contributed by atoms with Gasteiger partial charge in [-0.15, -0.1) is 0 Å². The van der Waals surface area contributed by atoms with Crippen molar-refractivity contribution in [1.29, 1.82) is 0 Å². The second-order valence-electron chi connectivity index (χ2n) is 23.9. The first-order valence-corrected chi connectivity index (χ1v) is 24.7. The van der Waals surface area contributed by atoms with Crippen LogP contribution in [0.3, 0.4) is 0 Å². The van der Waals surface area contributed by atoms with Gasteiger partial charge in [0.1, 0.15) is 11.3 Å². The summed E-state index contributed by atoms with van der Waals surface area (Å²) >= 11 is 0. The third-order valence-corrected chi connectivity index (χ3v) is 18.2. The molecule has 4 atom stereocenters. The molecule has 0 amide bonds. The van der Waals surface area contributed by atoms with Crippen LogP contribution in [-0.2, 0) is 28.1 Å². The first-order chi connectivity index (χ1) is 30.5. The van der Waals surface area contributed by atoms with E-state index in [1.165, 1.54) is 116 Å². The van der Waals surface area contributed by atoms with Gasteiger partial charge in [0, 0.05) is 17.2 Å². The molecule has 1 aromatic heterocycles. The lowest BCUT2D eigenvalue weighted by atomic mass is 9.29. The minimum atomic E-state index is 0.0398. The topological polar surface area (TPSA) is 13.1 Å². The van der Waals surface area contributed by atoms with Crippen molar-refractivity contribution < 1.29 is 4.42 Å². The molecule has 6 aromatic carbocycles. The lowest BCUT2D eigenvalue weighted by molar-refractivity contribution is 0.0926. The van der Waals surface area contributed by atoms with Gasteiger partial charge >= 0.3 is 0 Å². The van der Waals surface area contributed by atoms with E-state index in [9.17, 15) is 0 Å². The molecule has 0 radical (unpaired) electrons. The molecule has 0 spiro atoms. The highest BCUT2D eigenvalue weighted by Crippen LogP contribution is 2.67. The normalized spacial score (nSPS) is 24.4. The first kappa shape index (κ1) is 40.4. The van der Waals surface area contributed by atoms with Crippen LogP contribution in [0, 0.1) is 12.3 Å². The third kappa shape index (κ3) is 5.56. The van der Waals surface area contributed by atoms with Crippen LogP contribution in [0.1, 0.15) is 169 Å². The Kier molecular flexibility index (Phi) is 8.53. The van der Waals surface area contributed by atoms with Gasteiger partial charge in [-0.2, -0.15) is 0 Å². The van der Waals surface area contributed by atoms with E-state index in [1.807, 2.05) is 0 Å². The molecule has 3 aliphatic carbocycles. The molecule has 7 aromatic rings. The molecule has 1 saturated carbocycles. The van der Waals surface area contributed by atoms with Crippen molar-refractivity contribution in [3.8, 4) is 22.3 Å². The van der Waals surface area contributed by atoms with E-state index in [2.05, 4.69) is 184 Å². The zero-order valence-electron chi connectivity index (χ0n) is 40.1. The van der Waals surface area contributed by atoms with E-state index in [4.69, 9.17) is 4.42 Å². The number of furan rings is 1. The molecular weight excluding hydrogens is 771 g/mol. The van der Waals surface area contributed by atoms with Crippen LogP contribution < -0.4 is 16.4 Å². The van der Waals surface area contributed by atoms with Crippen LogP contribution in [0.5, 0.6) is 0 Å². The SMILES string of the molecule is Cc1cc2c3c(c1)C1c4c(cc(-c5ccccc5)cc4C4(C)CCCCC14C)B3c1c(oc3cc4c(cc13)C(C)(C)CCC4(C)C)C2Cc1ccc(C(C)(C)C)cc1-c1ccccc1. The van der Waals surface area contributed by atoms with Crippen molar-refractivity contribution in [2.24, 2.45) is 5.41 Å². The molecule has 3 heterocycles. The molecule has 322 valence electrons. The molecule has 0 bridgehead atoms. The van der Waals surface area contributed by atoms with Crippen molar-refractivity contribution in [1.82, 2.24) is 0 Å². The fourth-order valence-electron chi connectivity index (χ4n) is 14.3. The highest BCUT2D eigenvalue weighted by molar-refractivity contribution is 6.98. The molecule has 2 aliphatic heterocycles. The Hall–Kier alpha value is -5.08. The Morgan fingerprint density at radius 3 is 1.98 bits per heavy atom. The lowest BCUT2D eigenvalue weighted by Crippen LogP contribution is -2.63. The van der Waals surface area contributed by atoms with E-state index in [1.54, 1.807) is 22.2 Å². The molecule has 2 heteroatoms. The summed E-state index contributed by atoms with van der Waals surface area (Å²) in [5.74, 6) is 1.61. The molecule has 1 fully saturated rings. The number of fused-ring (bicyclic) bond motifs is 10. The summed E-state index contributed by atoms with van der Waals surface area (Å²) in [6.07, 6.45) is 8.36. The van der Waals surface area contributed by atoms with Gasteiger partial charge in [-0.25, -0.2) is 0 Å². The third-order valence-electron chi connectivity index (χ3n) is 18.2. The van der Waals surface area contributed by atoms with E-state index in [0.29, 0.717) is 5.92 Å². The summed E-state index contributed by atoms with van der Waals surface area (Å²) in [7, 11) is 0. The van der Waals surface area contributed by atoms with Crippen molar-refractivity contribution in [3.05, 3.63) is 171 Å². The molecule has 1 nitrogen and oxygen atoms in total. The molecule has 12 rings (SSSR count). The Labute approximate surface area is 383 Å². The maximum absolute atomic E-state index is 7.66. The van der Waals surface area contributed by atoms with Crippen molar-refractivity contribution >= 4 is 34.1 Å². The maximum Gasteiger partial charge on any atom is 0.247 e. The zero-order chi connectivity index (χ0) is 44.3. The summed E-state index contributed by atoms with van der Waals surface area (Å²) in [6.45, 7) is 24.7. The summed E-state index contributed by atoms with van der Waals surface area (Å²) < 4.78 is 7.66. The first-order valence-electron chi connectivity index (χ1n) is 24.7. The van der Waals surface area contributed by atoms with Gasteiger partial charge in [0.15, 0.2) is 0 Å². The van der Waals surface area contributed by atoms with Crippen LogP contribution in [0.15, 0.2) is 120 Å². The van der Waals surface area contributed by atoms with Crippen LogP contribution >= 0.6 is 0 Å². The molecule has 0 saturated heterocycles. The summed E-state index contributed by atoms with van der Waals surface area (Å²) in [5.41, 5.74) is 24.8. The van der Waals surface area contributed by atoms with Gasteiger partial charge in [-0.3, -0.25) is 0 Å². The average molecular weight is 837 g/mol. The summed E-state index contributed by atoms with van der Waals surface area (Å²) in [5, 5.41) is 1.34. The molecule has 64 heavy (non-hydrogen) atoms. The molecule has 0 N–H and O–H groups in total. The Balaban J connectivity index is 1.19. The van der Waals surface area contributed by atoms with Crippen LogP contribution in [0.2, 0.25) is 0 Å². The maximum atomic E-state index is 7.66. The Morgan fingerprint density at radius 2 is 1.28 bits per heavy atom. The zero-order valence-corrected chi connectivity index (χ0v) is 40.1. The monoisotopic (exact) mass is 837 g/mol. The average Bonchev–Trinajstić information content (AvgIpc) is 3.75. The van der Waals surface area contributed by atoms with Gasteiger partial charge in [-0.05, 0) is 150 Å². The van der Waals surface area contributed by atoms with Crippen molar-refractivity contribution in [2.75, 3.05) is 0 Å². The van der Waals surface area contributed by atoms with Crippen molar-refractivity contribution in [3.63, 3.8) is 0 Å². The molecular formula is C62H65BO. The van der Waals surface area contributed by atoms with E-state index in [-0.39, 0.29) is 39.7 Å². The van der Waals surface area contributed by atoms with Gasteiger partial charge < -0.3 is 4.42 Å². The second-order valence-corrected chi connectivity index (χ2v) is 23.9. The number of hydrogen-bond donors (Lipinski definition) is 0. The predicted octanol–water partition coefficient (Wildman–Crippen LogP) is 14.2.